The summed E-state index contributed by atoms with van der Waals surface area (Å²) >= 11 is 2.87. The summed E-state index contributed by atoms with van der Waals surface area (Å²) in [4.78, 5) is 23.3. The van der Waals surface area contributed by atoms with Crippen molar-refractivity contribution < 1.29 is 9.59 Å². The zero-order valence-electron chi connectivity index (χ0n) is 11.8. The number of nitrogens with one attached hydrogen (secondary N) is 1. The van der Waals surface area contributed by atoms with Crippen molar-refractivity contribution in [2.75, 3.05) is 11.1 Å². The number of rotatable bonds is 6. The van der Waals surface area contributed by atoms with Gasteiger partial charge in [-0.2, -0.15) is 0 Å². The second kappa shape index (κ2) is 7.33. The lowest BCUT2D eigenvalue weighted by atomic mass is 10.1. The summed E-state index contributed by atoms with van der Waals surface area (Å²) in [6.07, 6.45) is 0.429. The van der Waals surface area contributed by atoms with E-state index in [4.69, 9.17) is 0 Å². The van der Waals surface area contributed by atoms with Gasteiger partial charge in [-0.3, -0.25) is 9.59 Å². The molecule has 110 valence electrons. The largest absolute Gasteiger partial charge is 0.326 e. The summed E-state index contributed by atoms with van der Waals surface area (Å²) in [5.41, 5.74) is 1.32. The highest BCUT2D eigenvalue weighted by Gasteiger charge is 2.09. The third-order valence-corrected chi connectivity index (χ3v) is 4.62. The van der Waals surface area contributed by atoms with Gasteiger partial charge in [-0.1, -0.05) is 30.0 Å². The molecule has 0 aliphatic rings. The maximum absolute atomic E-state index is 12.1. The van der Waals surface area contributed by atoms with Crippen LogP contribution < -0.4 is 5.32 Å². The van der Waals surface area contributed by atoms with E-state index in [0.29, 0.717) is 23.4 Å². The van der Waals surface area contributed by atoms with Crippen LogP contribution in [0.15, 0.2) is 28.6 Å². The van der Waals surface area contributed by atoms with Gasteiger partial charge in [-0.25, -0.2) is 0 Å². The van der Waals surface area contributed by atoms with Gasteiger partial charge in [0.2, 0.25) is 5.91 Å². The Labute approximate surface area is 131 Å². The van der Waals surface area contributed by atoms with Gasteiger partial charge < -0.3 is 5.32 Å². The van der Waals surface area contributed by atoms with Crippen molar-refractivity contribution in [3.05, 3.63) is 34.8 Å². The lowest BCUT2D eigenvalue weighted by Gasteiger charge is -2.04. The monoisotopic (exact) mass is 321 g/mol. The molecule has 0 aliphatic carbocycles. The van der Waals surface area contributed by atoms with E-state index in [1.54, 1.807) is 31.2 Å². The van der Waals surface area contributed by atoms with E-state index in [-0.39, 0.29) is 11.7 Å². The Morgan fingerprint density at radius 2 is 1.95 bits per heavy atom. The average Bonchev–Trinajstić information content (AvgIpc) is 2.91. The minimum atomic E-state index is -0.0451. The SMILES string of the molecule is CCC(=O)Nc1ccc(C(=O)CSc2nnc(C)s2)cc1. The standard InChI is InChI=1S/C14H15N3O2S2/c1-3-13(19)15-11-6-4-10(5-7-11)12(18)8-20-14-17-16-9(2)21-14/h4-7H,3,8H2,1-2H3,(H,15,19). The van der Waals surface area contributed by atoms with Crippen LogP contribution in [0.25, 0.3) is 0 Å². The third kappa shape index (κ3) is 4.64. The summed E-state index contributed by atoms with van der Waals surface area (Å²) < 4.78 is 0.799. The molecule has 2 aromatic rings. The van der Waals surface area contributed by atoms with E-state index >= 15 is 0 Å². The number of aryl methyl sites for hydroxylation is 1. The number of hydrogen-bond donors (Lipinski definition) is 1. The van der Waals surface area contributed by atoms with Gasteiger partial charge in [0.05, 0.1) is 5.75 Å². The number of thioether (sulfide) groups is 1. The van der Waals surface area contributed by atoms with Crippen molar-refractivity contribution in [2.45, 2.75) is 24.6 Å². The zero-order chi connectivity index (χ0) is 15.2. The third-order valence-electron chi connectivity index (χ3n) is 2.65. The van der Waals surface area contributed by atoms with E-state index in [2.05, 4.69) is 15.5 Å². The molecule has 5 nitrogen and oxygen atoms in total. The molecule has 0 spiro atoms. The number of hydrogen-bond acceptors (Lipinski definition) is 6. The maximum atomic E-state index is 12.1. The zero-order valence-corrected chi connectivity index (χ0v) is 13.4. The van der Waals surface area contributed by atoms with E-state index < -0.39 is 0 Å². The Balaban J connectivity index is 1.91. The fourth-order valence-corrected chi connectivity index (χ4v) is 3.25. The van der Waals surface area contributed by atoms with Gasteiger partial charge in [-0.15, -0.1) is 10.2 Å². The molecular formula is C14H15N3O2S2. The Morgan fingerprint density at radius 3 is 2.52 bits per heavy atom. The molecule has 0 saturated carbocycles. The van der Waals surface area contributed by atoms with Crippen LogP contribution in [0.2, 0.25) is 0 Å². The lowest BCUT2D eigenvalue weighted by molar-refractivity contribution is -0.115. The van der Waals surface area contributed by atoms with Crippen molar-refractivity contribution in [3.8, 4) is 0 Å². The highest BCUT2D eigenvalue weighted by Crippen LogP contribution is 2.23. The van der Waals surface area contributed by atoms with E-state index in [1.165, 1.54) is 23.1 Å². The number of amides is 1. The summed E-state index contributed by atoms with van der Waals surface area (Å²) in [5, 5.41) is 11.5. The fraction of sp³-hybridized carbons (Fsp3) is 0.286. The van der Waals surface area contributed by atoms with E-state index in [0.717, 1.165) is 9.35 Å². The van der Waals surface area contributed by atoms with Gasteiger partial charge in [0.15, 0.2) is 10.1 Å². The smallest absolute Gasteiger partial charge is 0.224 e. The Bertz CT molecular complexity index is 638. The molecule has 0 fully saturated rings. The Hall–Kier alpha value is -1.73. The van der Waals surface area contributed by atoms with Crippen molar-refractivity contribution in [1.29, 1.82) is 0 Å². The van der Waals surface area contributed by atoms with Gasteiger partial charge in [0.25, 0.3) is 0 Å². The summed E-state index contributed by atoms with van der Waals surface area (Å²) in [5.74, 6) is 0.312. The molecule has 1 amide bonds. The van der Waals surface area contributed by atoms with Crippen LogP contribution in [0.5, 0.6) is 0 Å². The average molecular weight is 321 g/mol. The second-order valence-electron chi connectivity index (χ2n) is 4.28. The number of nitrogens with zero attached hydrogens (tertiary/aromatic N) is 2. The Kier molecular flexibility index (Phi) is 5.46. The molecule has 0 radical (unpaired) electrons. The topological polar surface area (TPSA) is 72.0 Å². The van der Waals surface area contributed by atoms with Crippen LogP contribution in [-0.4, -0.2) is 27.6 Å². The minimum absolute atomic E-state index is 0.0289. The molecule has 0 aliphatic heterocycles. The van der Waals surface area contributed by atoms with Crippen LogP contribution in [0.1, 0.15) is 28.7 Å². The molecule has 1 aromatic heterocycles. The first-order valence-electron chi connectivity index (χ1n) is 6.44. The van der Waals surface area contributed by atoms with Crippen LogP contribution >= 0.6 is 23.1 Å². The van der Waals surface area contributed by atoms with Crippen molar-refractivity contribution in [3.63, 3.8) is 0 Å². The molecule has 0 saturated heterocycles. The summed E-state index contributed by atoms with van der Waals surface area (Å²) in [7, 11) is 0. The lowest BCUT2D eigenvalue weighted by Crippen LogP contribution is -2.09. The van der Waals surface area contributed by atoms with Gasteiger partial charge >= 0.3 is 0 Å². The molecule has 1 aromatic carbocycles. The molecule has 7 heteroatoms. The van der Waals surface area contributed by atoms with Gasteiger partial charge in [0.1, 0.15) is 5.01 Å². The predicted octanol–water partition coefficient (Wildman–Crippen LogP) is 3.17. The first kappa shape index (κ1) is 15.7. The van der Waals surface area contributed by atoms with Gasteiger partial charge in [0, 0.05) is 17.7 Å². The van der Waals surface area contributed by atoms with Crippen LogP contribution in [0.3, 0.4) is 0 Å². The number of carbonyl (C=O) groups is 2. The first-order valence-corrected chi connectivity index (χ1v) is 8.24. The number of benzene rings is 1. The number of ketones is 1. The van der Waals surface area contributed by atoms with Crippen LogP contribution in [0, 0.1) is 6.92 Å². The highest BCUT2D eigenvalue weighted by atomic mass is 32.2. The normalized spacial score (nSPS) is 10.4. The quantitative estimate of drug-likeness (QED) is 0.653. The predicted molar refractivity (Wildman–Crippen MR) is 85.1 cm³/mol. The second-order valence-corrected chi connectivity index (χ2v) is 6.68. The first-order chi connectivity index (χ1) is 10.1. The fourth-order valence-electron chi connectivity index (χ4n) is 1.54. The summed E-state index contributed by atoms with van der Waals surface area (Å²) in [6, 6.07) is 6.92. The number of aromatic nitrogens is 2. The van der Waals surface area contributed by atoms with Gasteiger partial charge in [-0.05, 0) is 31.2 Å². The maximum Gasteiger partial charge on any atom is 0.224 e. The highest BCUT2D eigenvalue weighted by molar-refractivity contribution is 8.01. The number of anilines is 1. The van der Waals surface area contributed by atoms with Crippen LogP contribution in [0.4, 0.5) is 5.69 Å². The molecule has 21 heavy (non-hydrogen) atoms. The molecular weight excluding hydrogens is 306 g/mol. The molecule has 0 unspecified atom stereocenters. The molecule has 0 atom stereocenters. The molecule has 1 heterocycles. The van der Waals surface area contributed by atoms with Crippen LogP contribution in [-0.2, 0) is 4.79 Å². The molecule has 0 bridgehead atoms. The van der Waals surface area contributed by atoms with Crippen molar-refractivity contribution in [2.24, 2.45) is 0 Å². The molecule has 1 N–H and O–H groups in total. The van der Waals surface area contributed by atoms with Crippen molar-refractivity contribution >= 4 is 40.5 Å². The number of carbonyl (C=O) groups excluding carboxylic acids is 2. The van der Waals surface area contributed by atoms with Crippen molar-refractivity contribution in [1.82, 2.24) is 10.2 Å². The summed E-state index contributed by atoms with van der Waals surface area (Å²) in [6.45, 7) is 3.67. The van der Waals surface area contributed by atoms with E-state index in [1.807, 2.05) is 6.92 Å². The number of Topliss-reactive ketones (excluding diaryl/α,β-unsaturated/α-hetero) is 1. The molecule has 2 rings (SSSR count). The Morgan fingerprint density at radius 1 is 1.24 bits per heavy atom. The minimum Gasteiger partial charge on any atom is -0.326 e. The van der Waals surface area contributed by atoms with E-state index in [9.17, 15) is 9.59 Å².